The van der Waals surface area contributed by atoms with Crippen molar-refractivity contribution in [2.45, 2.75) is 45.2 Å². The minimum Gasteiger partial charge on any atom is -0.311 e. The second kappa shape index (κ2) is 3.91. The number of rotatable bonds is 5. The molecular formula is C10H19N. The van der Waals surface area contributed by atoms with E-state index in [4.69, 9.17) is 0 Å². The molecule has 1 aliphatic carbocycles. The molecule has 0 spiro atoms. The molecule has 1 rings (SSSR count). The summed E-state index contributed by atoms with van der Waals surface area (Å²) in [6.45, 7) is 8.30. The molecule has 0 aromatic heterocycles. The molecule has 1 N–H and O–H groups in total. The lowest BCUT2D eigenvalue weighted by molar-refractivity contribution is 0.401. The molecule has 64 valence electrons. The molecule has 0 radical (unpaired) electrons. The number of hydrogen-bond acceptors (Lipinski definition) is 1. The van der Waals surface area contributed by atoms with E-state index in [1.165, 1.54) is 12.8 Å². The van der Waals surface area contributed by atoms with Crippen molar-refractivity contribution in [3.63, 3.8) is 0 Å². The van der Waals surface area contributed by atoms with Gasteiger partial charge >= 0.3 is 0 Å². The summed E-state index contributed by atoms with van der Waals surface area (Å²) in [6, 6.07) is 1.48. The highest BCUT2D eigenvalue weighted by atomic mass is 15.0. The second-order valence-electron chi connectivity index (χ2n) is 3.73. The van der Waals surface area contributed by atoms with Gasteiger partial charge in [-0.3, -0.25) is 0 Å². The Balaban J connectivity index is 2.14. The predicted molar refractivity (Wildman–Crippen MR) is 49.6 cm³/mol. The van der Waals surface area contributed by atoms with Gasteiger partial charge in [-0.05, 0) is 32.1 Å². The summed E-state index contributed by atoms with van der Waals surface area (Å²) in [5, 5.41) is 3.59. The molecule has 1 heteroatoms. The largest absolute Gasteiger partial charge is 0.311 e. The standard InChI is InChI=1S/C10H19N/c1-4-5-8(2)9(3)11-10-6-7-10/h4,8-11H,1,5-7H2,2-3H3. The average Bonchev–Trinajstić information content (AvgIpc) is 2.72. The molecule has 11 heavy (non-hydrogen) atoms. The summed E-state index contributed by atoms with van der Waals surface area (Å²) in [6.07, 6.45) is 5.90. The molecule has 2 atom stereocenters. The van der Waals surface area contributed by atoms with Crippen molar-refractivity contribution in [1.82, 2.24) is 5.32 Å². The van der Waals surface area contributed by atoms with Crippen molar-refractivity contribution in [2.75, 3.05) is 0 Å². The molecule has 0 aromatic rings. The quantitative estimate of drug-likeness (QED) is 0.598. The first kappa shape index (κ1) is 8.79. The van der Waals surface area contributed by atoms with Crippen molar-refractivity contribution in [3.05, 3.63) is 12.7 Å². The monoisotopic (exact) mass is 153 g/mol. The average molecular weight is 153 g/mol. The highest BCUT2D eigenvalue weighted by Gasteiger charge is 2.24. The maximum atomic E-state index is 3.75. The van der Waals surface area contributed by atoms with Crippen LogP contribution in [-0.2, 0) is 0 Å². The minimum absolute atomic E-state index is 0.653. The van der Waals surface area contributed by atoms with E-state index in [1.54, 1.807) is 0 Å². The van der Waals surface area contributed by atoms with Gasteiger partial charge in [0.2, 0.25) is 0 Å². The molecule has 0 aliphatic heterocycles. The molecule has 0 saturated heterocycles. The first-order chi connectivity index (χ1) is 5.24. The van der Waals surface area contributed by atoms with Gasteiger partial charge in [0.05, 0.1) is 0 Å². The van der Waals surface area contributed by atoms with Gasteiger partial charge in [0, 0.05) is 12.1 Å². The van der Waals surface area contributed by atoms with Crippen LogP contribution in [-0.4, -0.2) is 12.1 Å². The Hall–Kier alpha value is -0.300. The van der Waals surface area contributed by atoms with Crippen molar-refractivity contribution in [2.24, 2.45) is 5.92 Å². The van der Waals surface area contributed by atoms with Crippen LogP contribution < -0.4 is 5.32 Å². The van der Waals surface area contributed by atoms with Crippen LogP contribution in [0, 0.1) is 5.92 Å². The number of nitrogens with one attached hydrogen (secondary N) is 1. The maximum Gasteiger partial charge on any atom is 0.00708 e. The SMILES string of the molecule is C=CCC(C)C(C)NC1CC1. The van der Waals surface area contributed by atoms with Gasteiger partial charge in [0.1, 0.15) is 0 Å². The van der Waals surface area contributed by atoms with Crippen LogP contribution in [0.3, 0.4) is 0 Å². The van der Waals surface area contributed by atoms with Crippen LogP contribution in [0.25, 0.3) is 0 Å². The Bertz CT molecular complexity index is 127. The zero-order valence-electron chi connectivity index (χ0n) is 7.64. The third kappa shape index (κ3) is 3.06. The Morgan fingerprint density at radius 2 is 2.18 bits per heavy atom. The smallest absolute Gasteiger partial charge is 0.00708 e. The van der Waals surface area contributed by atoms with Crippen LogP contribution in [0.1, 0.15) is 33.1 Å². The Morgan fingerprint density at radius 1 is 1.55 bits per heavy atom. The van der Waals surface area contributed by atoms with Crippen molar-refractivity contribution >= 4 is 0 Å². The zero-order valence-corrected chi connectivity index (χ0v) is 7.64. The van der Waals surface area contributed by atoms with Gasteiger partial charge in [-0.2, -0.15) is 0 Å². The molecule has 0 heterocycles. The molecule has 0 bridgehead atoms. The van der Waals surface area contributed by atoms with E-state index in [9.17, 15) is 0 Å². The molecule has 0 aromatic carbocycles. The third-order valence-corrected chi connectivity index (χ3v) is 2.47. The molecule has 1 fully saturated rings. The predicted octanol–water partition coefficient (Wildman–Crippen LogP) is 2.34. The van der Waals surface area contributed by atoms with E-state index < -0.39 is 0 Å². The number of hydrogen-bond donors (Lipinski definition) is 1. The van der Waals surface area contributed by atoms with Crippen LogP contribution in [0.5, 0.6) is 0 Å². The van der Waals surface area contributed by atoms with Gasteiger partial charge in [-0.25, -0.2) is 0 Å². The van der Waals surface area contributed by atoms with Crippen LogP contribution in [0.2, 0.25) is 0 Å². The Kier molecular flexibility index (Phi) is 3.13. The van der Waals surface area contributed by atoms with Gasteiger partial charge < -0.3 is 5.32 Å². The van der Waals surface area contributed by atoms with E-state index in [-0.39, 0.29) is 0 Å². The van der Waals surface area contributed by atoms with Crippen molar-refractivity contribution in [3.8, 4) is 0 Å². The third-order valence-electron chi connectivity index (χ3n) is 2.47. The highest BCUT2D eigenvalue weighted by Crippen LogP contribution is 2.21. The van der Waals surface area contributed by atoms with Crippen LogP contribution in [0.4, 0.5) is 0 Å². The fourth-order valence-corrected chi connectivity index (χ4v) is 1.25. The van der Waals surface area contributed by atoms with Gasteiger partial charge in [-0.1, -0.05) is 13.0 Å². The van der Waals surface area contributed by atoms with Crippen LogP contribution in [0.15, 0.2) is 12.7 Å². The Labute approximate surface area is 69.9 Å². The van der Waals surface area contributed by atoms with Crippen molar-refractivity contribution in [1.29, 1.82) is 0 Å². The van der Waals surface area contributed by atoms with E-state index in [2.05, 4.69) is 25.7 Å². The molecule has 1 nitrogen and oxygen atoms in total. The summed E-state index contributed by atoms with van der Waals surface area (Å²) in [4.78, 5) is 0. The topological polar surface area (TPSA) is 12.0 Å². The van der Waals surface area contributed by atoms with E-state index in [0.29, 0.717) is 6.04 Å². The van der Waals surface area contributed by atoms with Gasteiger partial charge in [0.15, 0.2) is 0 Å². The normalized spacial score (nSPS) is 22.7. The van der Waals surface area contributed by atoms with E-state index in [1.807, 2.05) is 6.08 Å². The minimum atomic E-state index is 0.653. The lowest BCUT2D eigenvalue weighted by Crippen LogP contribution is -2.33. The number of allylic oxidation sites excluding steroid dienone is 1. The van der Waals surface area contributed by atoms with Gasteiger partial charge in [-0.15, -0.1) is 6.58 Å². The summed E-state index contributed by atoms with van der Waals surface area (Å²) in [5.74, 6) is 0.730. The summed E-state index contributed by atoms with van der Waals surface area (Å²) in [7, 11) is 0. The van der Waals surface area contributed by atoms with Crippen LogP contribution >= 0.6 is 0 Å². The molecule has 2 unspecified atom stereocenters. The molecule has 1 aliphatic rings. The first-order valence-electron chi connectivity index (χ1n) is 4.61. The molecular weight excluding hydrogens is 134 g/mol. The fraction of sp³-hybridized carbons (Fsp3) is 0.800. The van der Waals surface area contributed by atoms with E-state index in [0.717, 1.165) is 18.4 Å². The lowest BCUT2D eigenvalue weighted by Gasteiger charge is -2.19. The Morgan fingerprint density at radius 3 is 2.64 bits per heavy atom. The van der Waals surface area contributed by atoms with Gasteiger partial charge in [0.25, 0.3) is 0 Å². The summed E-state index contributed by atoms with van der Waals surface area (Å²) < 4.78 is 0. The highest BCUT2D eigenvalue weighted by molar-refractivity contribution is 4.86. The summed E-state index contributed by atoms with van der Waals surface area (Å²) >= 11 is 0. The van der Waals surface area contributed by atoms with Crippen molar-refractivity contribution < 1.29 is 0 Å². The lowest BCUT2D eigenvalue weighted by atomic mass is 10.00. The maximum absolute atomic E-state index is 3.75. The fourth-order valence-electron chi connectivity index (χ4n) is 1.25. The first-order valence-corrected chi connectivity index (χ1v) is 4.61. The zero-order chi connectivity index (χ0) is 8.27. The molecule has 0 amide bonds. The van der Waals surface area contributed by atoms with E-state index >= 15 is 0 Å². The second-order valence-corrected chi connectivity index (χ2v) is 3.73. The molecule has 1 saturated carbocycles. The summed E-state index contributed by atoms with van der Waals surface area (Å²) in [5.41, 5.74) is 0.